The van der Waals surface area contributed by atoms with Crippen molar-refractivity contribution in [1.82, 2.24) is 5.32 Å². The van der Waals surface area contributed by atoms with E-state index in [0.717, 1.165) is 6.54 Å². The minimum absolute atomic E-state index is 0.0723. The summed E-state index contributed by atoms with van der Waals surface area (Å²) in [7, 11) is 1.95. The largest absolute Gasteiger partial charge is 0.380 e. The van der Waals surface area contributed by atoms with Crippen LogP contribution in [0.1, 0.15) is 48.0 Å². The smallest absolute Gasteiger partial charge is 0.136 e. The highest BCUT2D eigenvalue weighted by Gasteiger charge is 2.25. The first kappa shape index (κ1) is 17.6. The average Bonchev–Trinajstić information content (AvgIpc) is 2.15. The highest BCUT2D eigenvalue weighted by molar-refractivity contribution is 5.80. The van der Waals surface area contributed by atoms with E-state index >= 15 is 0 Å². The van der Waals surface area contributed by atoms with Gasteiger partial charge >= 0.3 is 0 Å². The summed E-state index contributed by atoms with van der Waals surface area (Å²) in [6, 6.07) is 0. The maximum atomic E-state index is 11.8. The summed E-state index contributed by atoms with van der Waals surface area (Å²) in [5.74, 6) is 0.433. The van der Waals surface area contributed by atoms with Crippen molar-refractivity contribution in [1.29, 1.82) is 0 Å². The summed E-state index contributed by atoms with van der Waals surface area (Å²) in [5.41, 5.74) is 0.0595. The Morgan fingerprint density at radius 3 is 2.06 bits per heavy atom. The highest BCUT2D eigenvalue weighted by Crippen LogP contribution is 2.24. The first-order chi connectivity index (χ1) is 8.09. The Bertz CT molecular complexity index is 257. The van der Waals surface area contributed by atoms with E-state index < -0.39 is 0 Å². The van der Waals surface area contributed by atoms with Gasteiger partial charge in [-0.05, 0) is 12.5 Å². The average molecular weight is 257 g/mol. The normalized spacial score (nSPS) is 13.1. The molecule has 0 aromatic carbocycles. The first-order valence-electron chi connectivity index (χ1n) is 6.85. The van der Waals surface area contributed by atoms with E-state index in [1.54, 1.807) is 0 Å². The fraction of sp³-hybridized carbons (Fsp3) is 0.933. The molecular weight excluding hydrogens is 226 g/mol. The van der Waals surface area contributed by atoms with Crippen LogP contribution < -0.4 is 5.32 Å². The van der Waals surface area contributed by atoms with Crippen LogP contribution in [0, 0.1) is 16.7 Å². The lowest BCUT2D eigenvalue weighted by Gasteiger charge is -2.29. The van der Waals surface area contributed by atoms with Crippen molar-refractivity contribution in [2.45, 2.75) is 48.0 Å². The summed E-state index contributed by atoms with van der Waals surface area (Å²) in [6.45, 7) is 14.7. The second-order valence-electron chi connectivity index (χ2n) is 7.15. The molecule has 0 atom stereocenters. The molecule has 0 fully saturated rings. The second kappa shape index (κ2) is 7.25. The number of carbonyl (C=O) groups is 1. The molecule has 0 aliphatic heterocycles. The van der Waals surface area contributed by atoms with Gasteiger partial charge in [-0.25, -0.2) is 0 Å². The van der Waals surface area contributed by atoms with Gasteiger partial charge in [-0.15, -0.1) is 0 Å². The summed E-state index contributed by atoms with van der Waals surface area (Å²) < 4.78 is 5.80. The van der Waals surface area contributed by atoms with Crippen molar-refractivity contribution in [2.75, 3.05) is 26.8 Å². The van der Waals surface area contributed by atoms with E-state index in [4.69, 9.17) is 4.74 Å². The van der Waals surface area contributed by atoms with Gasteiger partial charge in [0.25, 0.3) is 0 Å². The lowest BCUT2D eigenvalue weighted by molar-refractivity contribution is -0.125. The molecule has 1 N–H and O–H groups in total. The number of Topliss-reactive ketones (excluding diaryl/α,β-unsaturated/α-hetero) is 1. The lowest BCUT2D eigenvalue weighted by Crippen LogP contribution is -2.33. The molecular formula is C15H31NO2. The Labute approximate surface area is 113 Å². The van der Waals surface area contributed by atoms with Crippen LogP contribution in [0.4, 0.5) is 0 Å². The maximum absolute atomic E-state index is 11.8. The molecule has 0 heterocycles. The van der Waals surface area contributed by atoms with Gasteiger partial charge in [-0.3, -0.25) is 4.79 Å². The Kier molecular flexibility index (Phi) is 7.08. The lowest BCUT2D eigenvalue weighted by atomic mass is 9.85. The number of hydrogen-bond donors (Lipinski definition) is 1. The Balaban J connectivity index is 4.08. The Morgan fingerprint density at radius 1 is 1.11 bits per heavy atom. The van der Waals surface area contributed by atoms with Crippen LogP contribution >= 0.6 is 0 Å². The topological polar surface area (TPSA) is 38.3 Å². The third kappa shape index (κ3) is 7.83. The monoisotopic (exact) mass is 257 g/mol. The number of nitrogens with one attached hydrogen (secondary N) is 1. The zero-order valence-electron chi connectivity index (χ0n) is 13.2. The summed E-state index contributed by atoms with van der Waals surface area (Å²) in [5, 5.41) is 3.17. The van der Waals surface area contributed by atoms with E-state index in [-0.39, 0.29) is 16.7 Å². The van der Waals surface area contributed by atoms with Crippen molar-refractivity contribution in [3.8, 4) is 0 Å². The van der Waals surface area contributed by atoms with Crippen LogP contribution in [0.25, 0.3) is 0 Å². The van der Waals surface area contributed by atoms with Gasteiger partial charge in [0.15, 0.2) is 0 Å². The van der Waals surface area contributed by atoms with Crippen LogP contribution in [0.2, 0.25) is 0 Å². The zero-order chi connectivity index (χ0) is 14.4. The van der Waals surface area contributed by atoms with Crippen molar-refractivity contribution in [3.05, 3.63) is 0 Å². The number of ether oxygens (including phenoxy) is 1. The Hall–Kier alpha value is -0.410. The van der Waals surface area contributed by atoms with Crippen molar-refractivity contribution in [2.24, 2.45) is 16.7 Å². The molecule has 3 heteroatoms. The van der Waals surface area contributed by atoms with Crippen molar-refractivity contribution in [3.63, 3.8) is 0 Å². The molecule has 0 bridgehead atoms. The van der Waals surface area contributed by atoms with Gasteiger partial charge in [0, 0.05) is 24.3 Å². The SMILES string of the molecule is CNCC(C)(C)COCC(C)(C)CC(=O)C(C)C. The molecule has 18 heavy (non-hydrogen) atoms. The van der Waals surface area contributed by atoms with Gasteiger partial charge < -0.3 is 10.1 Å². The van der Waals surface area contributed by atoms with Crippen LogP contribution in [0.5, 0.6) is 0 Å². The first-order valence-corrected chi connectivity index (χ1v) is 6.85. The maximum Gasteiger partial charge on any atom is 0.136 e. The zero-order valence-corrected chi connectivity index (χ0v) is 13.2. The van der Waals surface area contributed by atoms with Crippen LogP contribution in [-0.2, 0) is 9.53 Å². The van der Waals surface area contributed by atoms with Crippen LogP contribution in [-0.4, -0.2) is 32.6 Å². The van der Waals surface area contributed by atoms with E-state index in [0.29, 0.717) is 25.4 Å². The number of ketones is 1. The van der Waals surface area contributed by atoms with Gasteiger partial charge in [0.05, 0.1) is 13.2 Å². The fourth-order valence-electron chi connectivity index (χ4n) is 1.86. The van der Waals surface area contributed by atoms with Gasteiger partial charge in [0.1, 0.15) is 5.78 Å². The van der Waals surface area contributed by atoms with E-state index in [1.807, 2.05) is 20.9 Å². The molecule has 0 aromatic heterocycles. The molecule has 0 aliphatic rings. The molecule has 0 spiro atoms. The predicted molar refractivity (Wildman–Crippen MR) is 76.8 cm³/mol. The third-order valence-electron chi connectivity index (χ3n) is 2.94. The standard InChI is InChI=1S/C15H31NO2/c1-12(2)13(17)8-14(3,4)10-18-11-15(5,6)9-16-7/h12,16H,8-11H2,1-7H3. The quantitative estimate of drug-likeness (QED) is 0.690. The highest BCUT2D eigenvalue weighted by atomic mass is 16.5. The molecule has 3 nitrogen and oxygen atoms in total. The molecule has 0 aliphatic carbocycles. The van der Waals surface area contributed by atoms with Gasteiger partial charge in [-0.2, -0.15) is 0 Å². The number of hydrogen-bond acceptors (Lipinski definition) is 3. The van der Waals surface area contributed by atoms with Gasteiger partial charge in [-0.1, -0.05) is 41.5 Å². The van der Waals surface area contributed by atoms with Crippen LogP contribution in [0.3, 0.4) is 0 Å². The second-order valence-corrected chi connectivity index (χ2v) is 7.15. The third-order valence-corrected chi connectivity index (χ3v) is 2.94. The van der Waals surface area contributed by atoms with Crippen molar-refractivity contribution < 1.29 is 9.53 Å². The molecule has 0 rings (SSSR count). The minimum atomic E-state index is -0.0723. The number of rotatable bonds is 9. The predicted octanol–water partition coefficient (Wildman–Crippen LogP) is 2.89. The molecule has 0 radical (unpaired) electrons. The van der Waals surface area contributed by atoms with Gasteiger partial charge in [0.2, 0.25) is 0 Å². The molecule has 0 saturated carbocycles. The molecule has 0 unspecified atom stereocenters. The van der Waals surface area contributed by atoms with E-state index in [2.05, 4.69) is 33.0 Å². The molecule has 0 saturated heterocycles. The van der Waals surface area contributed by atoms with Crippen LogP contribution in [0.15, 0.2) is 0 Å². The Morgan fingerprint density at radius 2 is 1.61 bits per heavy atom. The fourth-order valence-corrected chi connectivity index (χ4v) is 1.86. The summed E-state index contributed by atoms with van der Waals surface area (Å²) in [4.78, 5) is 11.8. The van der Waals surface area contributed by atoms with E-state index in [1.165, 1.54) is 0 Å². The van der Waals surface area contributed by atoms with Crippen molar-refractivity contribution >= 4 is 5.78 Å². The molecule has 108 valence electrons. The minimum Gasteiger partial charge on any atom is -0.380 e. The number of carbonyl (C=O) groups excluding carboxylic acids is 1. The van der Waals surface area contributed by atoms with E-state index in [9.17, 15) is 4.79 Å². The summed E-state index contributed by atoms with van der Waals surface area (Å²) in [6.07, 6.45) is 0.594. The molecule has 0 amide bonds. The summed E-state index contributed by atoms with van der Waals surface area (Å²) >= 11 is 0. The molecule has 0 aromatic rings.